The van der Waals surface area contributed by atoms with Gasteiger partial charge in [0.1, 0.15) is 15.0 Å². The first kappa shape index (κ1) is 38.2. The summed E-state index contributed by atoms with van der Waals surface area (Å²) < 4.78 is 70.8. The third-order valence-corrected chi connectivity index (χ3v) is 7.67. The van der Waals surface area contributed by atoms with Crippen LogP contribution in [0.2, 0.25) is 10.6 Å². The number of nitrogens with one attached hydrogen (secondary N) is 4. The molecule has 23 heteroatoms. The van der Waals surface area contributed by atoms with Crippen molar-refractivity contribution in [3.05, 3.63) is 58.1 Å². The SMILES string of the molecule is O=S(=O)([O-])c1cc(Nc2nc(Cl)nc(NCCO)n2)ccc1C=Cc1ccc(Nc2nc(Cl)nc(NCCO)n2)cc1S(=O)(=O)O.[H+].[H-].[Na+]. The first-order valence-electron chi connectivity index (χ1n) is 12.7. The molecule has 0 aliphatic heterocycles. The van der Waals surface area contributed by atoms with Crippen molar-refractivity contribution in [2.75, 3.05) is 47.6 Å². The van der Waals surface area contributed by atoms with Gasteiger partial charge in [0.05, 0.1) is 18.1 Å². The van der Waals surface area contributed by atoms with Gasteiger partial charge < -0.3 is 37.5 Å². The van der Waals surface area contributed by atoms with Crippen molar-refractivity contribution in [3.63, 3.8) is 0 Å². The molecule has 0 aliphatic rings. The van der Waals surface area contributed by atoms with Crippen molar-refractivity contribution >= 4 is 90.8 Å². The summed E-state index contributed by atoms with van der Waals surface area (Å²) in [6, 6.07) is 7.45. The molecule has 0 atom stereocenters. The monoisotopic (exact) mass is 738 g/mol. The number of nitrogens with zero attached hydrogens (tertiary/aromatic N) is 6. The van der Waals surface area contributed by atoms with Crippen molar-refractivity contribution < 1.29 is 68.6 Å². The minimum atomic E-state index is -5.06. The molecule has 4 aromatic rings. The molecule has 0 fully saturated rings. The van der Waals surface area contributed by atoms with E-state index in [4.69, 9.17) is 33.4 Å². The number of aliphatic hydroxyl groups excluding tert-OH is 2. The number of anilines is 6. The van der Waals surface area contributed by atoms with Gasteiger partial charge in [0.25, 0.3) is 10.1 Å². The van der Waals surface area contributed by atoms with E-state index in [1.54, 1.807) is 0 Å². The third-order valence-electron chi connectivity index (χ3n) is 5.54. The Bertz CT molecular complexity index is 1860. The number of halogens is 2. The summed E-state index contributed by atoms with van der Waals surface area (Å²) in [4.78, 5) is 22.3. The van der Waals surface area contributed by atoms with Crippen LogP contribution in [-0.4, -0.2) is 92.4 Å². The van der Waals surface area contributed by atoms with Crippen molar-refractivity contribution in [1.82, 2.24) is 29.9 Å². The van der Waals surface area contributed by atoms with Crippen LogP contribution in [0.25, 0.3) is 12.2 Å². The number of aliphatic hydroxyl groups is 2. The zero-order valence-electron chi connectivity index (χ0n) is 26.1. The van der Waals surface area contributed by atoms with Crippen LogP contribution < -0.4 is 50.8 Å². The number of aromatic nitrogens is 6. The molecule has 0 unspecified atom stereocenters. The Morgan fingerprint density at radius 1 is 0.723 bits per heavy atom. The number of hydrogen-bond acceptors (Lipinski definition) is 17. The molecule has 0 radical (unpaired) electrons. The second kappa shape index (κ2) is 16.7. The summed E-state index contributed by atoms with van der Waals surface area (Å²) in [5.41, 5.74) is 0.0349. The molecule has 0 spiro atoms. The average molecular weight is 740 g/mol. The summed E-state index contributed by atoms with van der Waals surface area (Å²) >= 11 is 11.8. The topological polar surface area (TPSA) is 277 Å². The van der Waals surface area contributed by atoms with E-state index >= 15 is 0 Å². The minimum Gasteiger partial charge on any atom is -1.00 e. The fraction of sp³-hybridized carbons (Fsp3) is 0.167. The van der Waals surface area contributed by atoms with Crippen molar-refractivity contribution in [3.8, 4) is 0 Å². The fourth-order valence-electron chi connectivity index (χ4n) is 3.68. The van der Waals surface area contributed by atoms with Crippen molar-refractivity contribution in [1.29, 1.82) is 0 Å². The van der Waals surface area contributed by atoms with E-state index in [1.807, 2.05) is 0 Å². The molecule has 2 heterocycles. The number of benzene rings is 2. The van der Waals surface area contributed by atoms with Crippen LogP contribution in [0.3, 0.4) is 0 Å². The predicted octanol–water partition coefficient (Wildman–Crippen LogP) is -0.791. The average Bonchev–Trinajstić information content (AvgIpc) is 2.97. The van der Waals surface area contributed by atoms with E-state index in [2.05, 4.69) is 51.2 Å². The molecular formula is C24H25Cl2N10NaO8S2. The van der Waals surface area contributed by atoms with Gasteiger partial charge in [0, 0.05) is 24.5 Å². The molecule has 47 heavy (non-hydrogen) atoms. The Hall–Kier alpha value is -3.28. The molecule has 0 bridgehead atoms. The molecule has 0 amide bonds. The second-order valence-corrected chi connectivity index (χ2v) is 12.2. The summed E-state index contributed by atoms with van der Waals surface area (Å²) in [5, 5.41) is 28.4. The van der Waals surface area contributed by atoms with Crippen LogP contribution in [0.1, 0.15) is 14.0 Å². The number of rotatable bonds is 14. The molecule has 2 aromatic carbocycles. The molecule has 0 aliphatic carbocycles. The summed E-state index contributed by atoms with van der Waals surface area (Å²) in [6.45, 7) is -0.166. The molecule has 0 saturated heterocycles. The van der Waals surface area contributed by atoms with Crippen LogP contribution in [0.4, 0.5) is 35.2 Å². The largest absolute Gasteiger partial charge is 1.00 e. The normalized spacial score (nSPS) is 11.6. The molecular weight excluding hydrogens is 714 g/mol. The van der Waals surface area contributed by atoms with E-state index < -0.39 is 30.0 Å². The van der Waals surface area contributed by atoms with Crippen LogP contribution in [0.5, 0.6) is 0 Å². The Morgan fingerprint density at radius 2 is 1.13 bits per heavy atom. The maximum atomic E-state index is 12.2. The summed E-state index contributed by atoms with van der Waals surface area (Å²) in [7, 11) is -9.88. The van der Waals surface area contributed by atoms with Crippen LogP contribution in [0, 0.1) is 0 Å². The van der Waals surface area contributed by atoms with Gasteiger partial charge in [-0.25, -0.2) is 8.42 Å². The van der Waals surface area contributed by atoms with Gasteiger partial charge in [-0.2, -0.15) is 38.3 Å². The molecule has 2 aromatic heterocycles. The van der Waals surface area contributed by atoms with E-state index in [-0.39, 0.29) is 116 Å². The predicted molar refractivity (Wildman–Crippen MR) is 169 cm³/mol. The van der Waals surface area contributed by atoms with Gasteiger partial charge in [0.2, 0.25) is 34.4 Å². The Morgan fingerprint density at radius 3 is 1.53 bits per heavy atom. The van der Waals surface area contributed by atoms with Gasteiger partial charge in [-0.1, -0.05) is 24.3 Å². The standard InChI is InChI=1S/C24H24Cl2N10O8S2.Na.H/c25-19-31-21(27-7-9-37)35-23(33-19)29-15-5-3-13(17(11-15)45(39,40)41)1-2-14-4-6-16(12-18(14)46(42,43)44)30-24-34-20(26)32-22(36-24)28-8-10-38;;/h1-6,11-12,37-38H,7-10H2,(H,39,40,41)(H,42,43,44)(H2,27,29,31,33,35)(H2,28,30,32,34,36);;/q;+1;-1. The molecule has 0 saturated carbocycles. The van der Waals surface area contributed by atoms with Crippen molar-refractivity contribution in [2.24, 2.45) is 0 Å². The van der Waals surface area contributed by atoms with Crippen LogP contribution in [-0.2, 0) is 20.2 Å². The minimum absolute atomic E-state index is 0. The molecule has 246 valence electrons. The maximum absolute atomic E-state index is 12.2. The summed E-state index contributed by atoms with van der Waals surface area (Å²) in [5.74, 6) is -0.114. The summed E-state index contributed by atoms with van der Waals surface area (Å²) in [6.07, 6.45) is 2.36. The first-order chi connectivity index (χ1) is 21.7. The van der Waals surface area contributed by atoms with E-state index in [9.17, 15) is 25.9 Å². The Kier molecular flexibility index (Phi) is 13.6. The Labute approximate surface area is 302 Å². The maximum Gasteiger partial charge on any atom is 1.00 e. The van der Waals surface area contributed by atoms with Gasteiger partial charge in [0.15, 0.2) is 0 Å². The molecule has 7 N–H and O–H groups in total. The van der Waals surface area contributed by atoms with Gasteiger partial charge in [-0.15, -0.1) is 0 Å². The fourth-order valence-corrected chi connectivity index (χ4v) is 5.41. The van der Waals surface area contributed by atoms with Gasteiger partial charge in [-0.3, -0.25) is 4.55 Å². The molecule has 4 rings (SSSR count). The van der Waals surface area contributed by atoms with Gasteiger partial charge in [-0.05, 0) is 58.6 Å². The quantitative estimate of drug-likeness (QED) is 0.0474. The first-order valence-corrected chi connectivity index (χ1v) is 16.3. The second-order valence-electron chi connectivity index (χ2n) is 8.82. The Balaban J connectivity index is 0.00000400. The third kappa shape index (κ3) is 11.1. The van der Waals surface area contributed by atoms with Crippen molar-refractivity contribution in [2.45, 2.75) is 9.79 Å². The number of hydrogen-bond donors (Lipinski definition) is 7. The zero-order chi connectivity index (χ0) is 33.5. The van der Waals surface area contributed by atoms with Crippen LogP contribution >= 0.6 is 23.2 Å². The van der Waals surface area contributed by atoms with Gasteiger partial charge >= 0.3 is 31.0 Å². The van der Waals surface area contributed by atoms with Crippen LogP contribution in [0.15, 0.2) is 46.2 Å². The smallest absolute Gasteiger partial charge is 1.00 e. The van der Waals surface area contributed by atoms with E-state index in [1.165, 1.54) is 36.4 Å². The van der Waals surface area contributed by atoms with E-state index in [0.29, 0.717) is 0 Å². The van der Waals surface area contributed by atoms with E-state index in [0.717, 1.165) is 12.1 Å². The zero-order valence-corrected chi connectivity index (χ0v) is 29.2. The molecule has 18 nitrogen and oxygen atoms in total.